The van der Waals surface area contributed by atoms with E-state index in [-0.39, 0.29) is 16.9 Å². The summed E-state index contributed by atoms with van der Waals surface area (Å²) in [4.78, 5) is 11.9. The number of carbonyl (C=O) groups is 1. The molecule has 0 aliphatic carbocycles. The van der Waals surface area contributed by atoms with E-state index in [2.05, 4.69) is 25.5 Å². The highest BCUT2D eigenvalue weighted by atomic mass is 32.2. The summed E-state index contributed by atoms with van der Waals surface area (Å²) >= 11 is 0. The maximum absolute atomic E-state index is 13.9. The van der Waals surface area contributed by atoms with Crippen LogP contribution < -0.4 is 4.72 Å². The van der Waals surface area contributed by atoms with Crippen LogP contribution in [0.2, 0.25) is 0 Å². The third-order valence-electron chi connectivity index (χ3n) is 3.93. The van der Waals surface area contributed by atoms with Gasteiger partial charge in [0.25, 0.3) is 0 Å². The lowest BCUT2D eigenvalue weighted by molar-refractivity contribution is 0.0467. The molecule has 0 aliphatic rings. The first-order valence-corrected chi connectivity index (χ1v) is 9.52. The molecule has 0 saturated heterocycles. The van der Waals surface area contributed by atoms with Gasteiger partial charge in [0.1, 0.15) is 12.4 Å². The normalized spacial score (nSPS) is 12.0. The average molecular weight is 379 g/mol. The zero-order chi connectivity index (χ0) is 19.5. The highest BCUT2D eigenvalue weighted by molar-refractivity contribution is 7.89. The summed E-state index contributed by atoms with van der Waals surface area (Å²) < 4.78 is 44.7. The number of hydrogen-bond acceptors (Lipinski definition) is 4. The highest BCUT2D eigenvalue weighted by Gasteiger charge is 2.19. The zero-order valence-electron chi connectivity index (χ0n) is 15.2. The summed E-state index contributed by atoms with van der Waals surface area (Å²) in [5.74, 6) is -1.76. The fraction of sp³-hybridized carbons (Fsp3) is 0.316. The molecule has 0 saturated carbocycles. The molecular formula is C19H22FNO4S. The molecule has 5 nitrogen and oxygen atoms in total. The van der Waals surface area contributed by atoms with Crippen molar-refractivity contribution in [3.05, 3.63) is 65.0 Å². The van der Waals surface area contributed by atoms with Gasteiger partial charge >= 0.3 is 5.97 Å². The molecule has 0 bridgehead atoms. The van der Waals surface area contributed by atoms with Gasteiger partial charge < -0.3 is 4.74 Å². The van der Waals surface area contributed by atoms with Crippen molar-refractivity contribution < 1.29 is 22.3 Å². The van der Waals surface area contributed by atoms with Crippen LogP contribution in [0.4, 0.5) is 4.39 Å². The molecule has 2 aromatic carbocycles. The predicted molar refractivity (Wildman–Crippen MR) is 96.9 cm³/mol. The van der Waals surface area contributed by atoms with Gasteiger partial charge in [0.2, 0.25) is 10.0 Å². The minimum atomic E-state index is -3.78. The molecule has 0 unspecified atom stereocenters. The molecule has 0 amide bonds. The molecule has 0 atom stereocenters. The molecule has 0 fully saturated rings. The van der Waals surface area contributed by atoms with Gasteiger partial charge in [0.15, 0.2) is 0 Å². The van der Waals surface area contributed by atoms with Gasteiger partial charge in [-0.3, -0.25) is 0 Å². The molecule has 2 aromatic rings. The molecule has 0 aliphatic heterocycles. The SMILES string of the molecule is CNS(=O)(=O)c1ccc(F)c(C(=O)OCc2ccc(C(C)(C)C)cc2)c1. The second-order valence-electron chi connectivity index (χ2n) is 6.87. The Balaban J connectivity index is 2.14. The summed E-state index contributed by atoms with van der Waals surface area (Å²) in [5, 5.41) is 0. The molecule has 7 heteroatoms. The first kappa shape index (κ1) is 20.1. The molecule has 0 aromatic heterocycles. The van der Waals surface area contributed by atoms with Crippen LogP contribution in [-0.4, -0.2) is 21.4 Å². The Morgan fingerprint density at radius 2 is 1.73 bits per heavy atom. The van der Waals surface area contributed by atoms with Crippen molar-refractivity contribution in [3.8, 4) is 0 Å². The third-order valence-corrected chi connectivity index (χ3v) is 5.34. The number of hydrogen-bond donors (Lipinski definition) is 1. The van der Waals surface area contributed by atoms with E-state index in [1.54, 1.807) is 0 Å². The maximum atomic E-state index is 13.9. The fourth-order valence-electron chi connectivity index (χ4n) is 2.27. The van der Waals surface area contributed by atoms with Gasteiger partial charge in [0.05, 0.1) is 10.5 Å². The molecule has 2 rings (SSSR count). The average Bonchev–Trinajstić information content (AvgIpc) is 2.59. The van der Waals surface area contributed by atoms with E-state index in [1.807, 2.05) is 24.3 Å². The van der Waals surface area contributed by atoms with Gasteiger partial charge in [0, 0.05) is 0 Å². The Kier molecular flexibility index (Phi) is 5.83. The molecular weight excluding hydrogens is 357 g/mol. The van der Waals surface area contributed by atoms with Crippen molar-refractivity contribution in [2.75, 3.05) is 7.05 Å². The lowest BCUT2D eigenvalue weighted by Crippen LogP contribution is -2.19. The summed E-state index contributed by atoms with van der Waals surface area (Å²) in [5.41, 5.74) is 1.49. The minimum Gasteiger partial charge on any atom is -0.457 e. The summed E-state index contributed by atoms with van der Waals surface area (Å²) in [6.07, 6.45) is 0. The van der Waals surface area contributed by atoms with Crippen LogP contribution >= 0.6 is 0 Å². The van der Waals surface area contributed by atoms with Gasteiger partial charge in [-0.1, -0.05) is 45.0 Å². The number of carbonyl (C=O) groups excluding carboxylic acids is 1. The van der Waals surface area contributed by atoms with E-state index >= 15 is 0 Å². The Labute approximate surface area is 153 Å². The minimum absolute atomic E-state index is 0.0115. The van der Waals surface area contributed by atoms with Crippen LogP contribution in [0, 0.1) is 5.82 Å². The van der Waals surface area contributed by atoms with Crippen molar-refractivity contribution in [2.45, 2.75) is 37.7 Å². The largest absolute Gasteiger partial charge is 0.457 e. The number of rotatable bonds is 5. The summed E-state index contributed by atoms with van der Waals surface area (Å²) in [6, 6.07) is 10.6. The first-order valence-electron chi connectivity index (χ1n) is 8.04. The second-order valence-corrected chi connectivity index (χ2v) is 8.76. The quantitative estimate of drug-likeness (QED) is 0.809. The monoisotopic (exact) mass is 379 g/mol. The van der Waals surface area contributed by atoms with Crippen LogP contribution in [0.25, 0.3) is 0 Å². The molecule has 140 valence electrons. The topological polar surface area (TPSA) is 72.5 Å². The van der Waals surface area contributed by atoms with E-state index < -0.39 is 27.4 Å². The molecule has 0 spiro atoms. The van der Waals surface area contributed by atoms with Crippen LogP contribution in [0.5, 0.6) is 0 Å². The Hall–Kier alpha value is -2.25. The predicted octanol–water partition coefficient (Wildman–Crippen LogP) is 3.39. The smallest absolute Gasteiger partial charge is 0.341 e. The zero-order valence-corrected chi connectivity index (χ0v) is 16.0. The van der Waals surface area contributed by atoms with Crippen LogP contribution in [-0.2, 0) is 26.8 Å². The summed E-state index contributed by atoms with van der Waals surface area (Å²) in [6.45, 7) is 6.25. The molecule has 0 radical (unpaired) electrons. The molecule has 1 N–H and O–H groups in total. The van der Waals surface area contributed by atoms with Crippen molar-refractivity contribution in [1.29, 1.82) is 0 Å². The van der Waals surface area contributed by atoms with E-state index in [0.29, 0.717) is 0 Å². The van der Waals surface area contributed by atoms with Crippen molar-refractivity contribution >= 4 is 16.0 Å². The van der Waals surface area contributed by atoms with Gasteiger partial charge in [-0.2, -0.15) is 0 Å². The van der Waals surface area contributed by atoms with Crippen LogP contribution in [0.1, 0.15) is 42.3 Å². The van der Waals surface area contributed by atoms with Crippen LogP contribution in [0.3, 0.4) is 0 Å². The Morgan fingerprint density at radius 1 is 1.12 bits per heavy atom. The van der Waals surface area contributed by atoms with Crippen molar-refractivity contribution in [1.82, 2.24) is 4.72 Å². The number of halogens is 1. The van der Waals surface area contributed by atoms with Gasteiger partial charge in [-0.05, 0) is 41.8 Å². The third kappa shape index (κ3) is 4.68. The van der Waals surface area contributed by atoms with Gasteiger partial charge in [-0.15, -0.1) is 0 Å². The van der Waals surface area contributed by atoms with E-state index in [0.717, 1.165) is 29.3 Å². The van der Waals surface area contributed by atoms with Crippen molar-refractivity contribution in [2.24, 2.45) is 0 Å². The van der Waals surface area contributed by atoms with Crippen LogP contribution in [0.15, 0.2) is 47.4 Å². The number of benzene rings is 2. The number of esters is 1. The lowest BCUT2D eigenvalue weighted by Gasteiger charge is -2.19. The summed E-state index contributed by atoms with van der Waals surface area (Å²) in [7, 11) is -2.55. The van der Waals surface area contributed by atoms with E-state index in [1.165, 1.54) is 7.05 Å². The van der Waals surface area contributed by atoms with Gasteiger partial charge in [-0.25, -0.2) is 22.3 Å². The van der Waals surface area contributed by atoms with Crippen molar-refractivity contribution in [3.63, 3.8) is 0 Å². The fourth-order valence-corrected chi connectivity index (χ4v) is 3.03. The van der Waals surface area contributed by atoms with E-state index in [9.17, 15) is 17.6 Å². The number of nitrogens with one attached hydrogen (secondary N) is 1. The second kappa shape index (κ2) is 7.55. The van der Waals surface area contributed by atoms with E-state index in [4.69, 9.17) is 4.74 Å². The molecule has 0 heterocycles. The molecule has 26 heavy (non-hydrogen) atoms. The first-order chi connectivity index (χ1) is 12.0. The maximum Gasteiger partial charge on any atom is 0.341 e. The Bertz CT molecular complexity index is 900. The number of ether oxygens (including phenoxy) is 1. The number of sulfonamides is 1. The Morgan fingerprint density at radius 3 is 2.27 bits per heavy atom. The standard InChI is InChI=1S/C19H22FNO4S/c1-19(2,3)14-7-5-13(6-8-14)12-25-18(22)16-11-15(9-10-17(16)20)26(23,24)21-4/h5-11,21H,12H2,1-4H3. The lowest BCUT2D eigenvalue weighted by atomic mass is 9.87. The highest BCUT2D eigenvalue weighted by Crippen LogP contribution is 2.22.